The Morgan fingerprint density at radius 3 is 2.33 bits per heavy atom. The summed E-state index contributed by atoms with van der Waals surface area (Å²) in [6.45, 7) is 9.81. The molecule has 0 unspecified atom stereocenters. The van der Waals surface area contributed by atoms with Crippen molar-refractivity contribution < 1.29 is 27.8 Å². The molecule has 12 nitrogen and oxygen atoms in total. The molecule has 0 saturated carbocycles. The number of nitrogens with two attached hydrogens (primary N) is 1. The maximum atomic E-state index is 15.4. The highest BCUT2D eigenvalue weighted by Crippen LogP contribution is 2.31. The number of hydrogen-bond acceptors (Lipinski definition) is 8. The number of nitrogens with one attached hydrogen (secondary N) is 1. The number of aromatic nitrogens is 3. The van der Waals surface area contributed by atoms with Gasteiger partial charge in [-0.2, -0.15) is 0 Å². The van der Waals surface area contributed by atoms with Crippen molar-refractivity contribution in [3.05, 3.63) is 105 Å². The molecule has 0 aliphatic carbocycles. The zero-order valence-electron chi connectivity index (χ0n) is 28.8. The fraction of sp³-hybridized carbons (Fsp3) is 0.324. The Kier molecular flexibility index (Phi) is 10.6. The monoisotopic (exact) mass is 700 g/mol. The molecule has 3 N–H and O–H groups in total. The number of anilines is 2. The first kappa shape index (κ1) is 36.3. The van der Waals surface area contributed by atoms with Crippen LogP contribution in [0.1, 0.15) is 69.4 Å². The molecule has 2 aromatic heterocycles. The maximum Gasteiger partial charge on any atom is 0.410 e. The SMILES string of the molecule is CC(C)n1cc(C(=O)Nc2ccc(Oc3ccnc(N)c3C#CC3CCN(C(=O)OC(C)(C)C)CC3)c(F)c2)c(=O)n(-c2ccc(F)cc2)c1=O. The number of piperidine rings is 1. The first-order chi connectivity index (χ1) is 24.1. The largest absolute Gasteiger partial charge is 0.453 e. The van der Waals surface area contributed by atoms with Crippen molar-refractivity contribution in [3.63, 3.8) is 0 Å². The fourth-order valence-electron chi connectivity index (χ4n) is 5.27. The van der Waals surface area contributed by atoms with Crippen LogP contribution in [0.15, 0.2) is 70.5 Å². The van der Waals surface area contributed by atoms with Crippen molar-refractivity contribution >= 4 is 23.5 Å². The van der Waals surface area contributed by atoms with Crippen molar-refractivity contribution in [2.24, 2.45) is 5.92 Å². The summed E-state index contributed by atoms with van der Waals surface area (Å²) < 4.78 is 42.2. The quantitative estimate of drug-likeness (QED) is 0.237. The van der Waals surface area contributed by atoms with Gasteiger partial charge in [-0.1, -0.05) is 11.8 Å². The number of amides is 2. The van der Waals surface area contributed by atoms with E-state index < -0.39 is 40.4 Å². The van der Waals surface area contributed by atoms with E-state index in [1.54, 1.807) is 18.7 Å². The van der Waals surface area contributed by atoms with Crippen molar-refractivity contribution in [1.29, 1.82) is 0 Å². The summed E-state index contributed by atoms with van der Waals surface area (Å²) in [6, 6.07) is 9.43. The number of ether oxygens (including phenoxy) is 2. The molecule has 4 aromatic rings. The molecule has 1 aliphatic heterocycles. The number of carbonyl (C=O) groups excluding carboxylic acids is 2. The highest BCUT2D eigenvalue weighted by Gasteiger charge is 2.26. The third-order valence-corrected chi connectivity index (χ3v) is 7.90. The summed E-state index contributed by atoms with van der Waals surface area (Å²) in [5.74, 6) is 3.92. The minimum absolute atomic E-state index is 0.00635. The maximum absolute atomic E-state index is 15.4. The van der Waals surface area contributed by atoms with Gasteiger partial charge in [0.15, 0.2) is 11.6 Å². The minimum atomic E-state index is -0.932. The number of pyridine rings is 1. The first-order valence-corrected chi connectivity index (χ1v) is 16.3. The normalized spacial score (nSPS) is 13.4. The third-order valence-electron chi connectivity index (χ3n) is 7.90. The molecule has 1 aliphatic rings. The Hall–Kier alpha value is -5.97. The Bertz CT molecular complexity index is 2140. The molecule has 0 atom stereocenters. The number of nitrogens with zero attached hydrogens (tertiary/aromatic N) is 4. The third kappa shape index (κ3) is 8.61. The van der Waals surface area contributed by atoms with Crippen LogP contribution >= 0.6 is 0 Å². The predicted molar refractivity (Wildman–Crippen MR) is 187 cm³/mol. The molecule has 14 heteroatoms. The molecule has 0 spiro atoms. The van der Waals surface area contributed by atoms with Gasteiger partial charge in [0, 0.05) is 55.3 Å². The molecule has 2 amide bonds. The van der Waals surface area contributed by atoms with Crippen molar-refractivity contribution in [2.45, 2.75) is 59.1 Å². The van der Waals surface area contributed by atoms with Crippen LogP contribution < -0.4 is 27.0 Å². The van der Waals surface area contributed by atoms with Gasteiger partial charge in [0.1, 0.15) is 34.1 Å². The minimum Gasteiger partial charge on any atom is -0.453 e. The molecule has 0 radical (unpaired) electrons. The van der Waals surface area contributed by atoms with Gasteiger partial charge >= 0.3 is 11.8 Å². The summed E-state index contributed by atoms with van der Waals surface area (Å²) in [5, 5.41) is 2.49. The molecular weight excluding hydrogens is 662 g/mol. The number of likely N-dealkylation sites (tertiary alicyclic amines) is 1. The molecule has 0 bridgehead atoms. The highest BCUT2D eigenvalue weighted by molar-refractivity contribution is 6.03. The van der Waals surface area contributed by atoms with E-state index in [0.717, 1.165) is 29.0 Å². The molecular formula is C37H38F2N6O6. The summed E-state index contributed by atoms with van der Waals surface area (Å²) >= 11 is 0. The lowest BCUT2D eigenvalue weighted by molar-refractivity contribution is 0.0199. The van der Waals surface area contributed by atoms with Crippen molar-refractivity contribution in [2.75, 3.05) is 24.1 Å². The molecule has 266 valence electrons. The number of hydrogen-bond donors (Lipinski definition) is 2. The van der Waals surface area contributed by atoms with Crippen molar-refractivity contribution in [3.8, 4) is 29.0 Å². The lowest BCUT2D eigenvalue weighted by atomic mass is 9.97. The second kappa shape index (κ2) is 14.9. The van der Waals surface area contributed by atoms with Gasteiger partial charge in [-0.15, -0.1) is 0 Å². The van der Waals surface area contributed by atoms with Crippen LogP contribution in [0.4, 0.5) is 25.1 Å². The lowest BCUT2D eigenvalue weighted by Gasteiger charge is -2.31. The van der Waals surface area contributed by atoms with E-state index in [1.165, 1.54) is 41.1 Å². The Balaban J connectivity index is 1.32. The highest BCUT2D eigenvalue weighted by atomic mass is 19.1. The number of halogens is 2. The molecule has 5 rings (SSSR count). The number of carbonyl (C=O) groups is 2. The van der Waals surface area contributed by atoms with E-state index in [0.29, 0.717) is 25.9 Å². The smallest absolute Gasteiger partial charge is 0.410 e. The van der Waals surface area contributed by atoms with Gasteiger partial charge in [0.25, 0.3) is 11.5 Å². The van der Waals surface area contributed by atoms with Gasteiger partial charge in [-0.3, -0.25) is 14.2 Å². The van der Waals surface area contributed by atoms with Crippen LogP contribution in [0, 0.1) is 29.4 Å². The second-order valence-electron chi connectivity index (χ2n) is 13.2. The number of benzene rings is 2. The van der Waals surface area contributed by atoms with Gasteiger partial charge < -0.3 is 25.4 Å². The summed E-state index contributed by atoms with van der Waals surface area (Å²) in [4.78, 5) is 57.9. The Morgan fingerprint density at radius 1 is 1.02 bits per heavy atom. The lowest BCUT2D eigenvalue weighted by Crippen LogP contribution is -2.42. The summed E-state index contributed by atoms with van der Waals surface area (Å²) in [7, 11) is 0. The molecule has 3 heterocycles. The van der Waals surface area contributed by atoms with Crippen LogP contribution in [0.5, 0.6) is 11.5 Å². The Morgan fingerprint density at radius 2 is 1.71 bits per heavy atom. The van der Waals surface area contributed by atoms with Crippen LogP contribution in [-0.2, 0) is 4.74 Å². The average molecular weight is 701 g/mol. The first-order valence-electron chi connectivity index (χ1n) is 16.3. The fourth-order valence-corrected chi connectivity index (χ4v) is 5.27. The predicted octanol–water partition coefficient (Wildman–Crippen LogP) is 5.88. The molecule has 1 saturated heterocycles. The van der Waals surface area contributed by atoms with Gasteiger partial charge in [0.2, 0.25) is 0 Å². The van der Waals surface area contributed by atoms with E-state index >= 15 is 4.39 Å². The standard InChI is InChI=1S/C37H38F2N6O6/c1-22(2)44-21-28(34(47)45(35(44)48)26-10-7-24(38)8-11-26)33(46)42-25-9-13-31(29(39)20-25)50-30-14-17-41-32(40)27(30)12-6-23-15-18-43(19-16-23)36(49)51-37(3,4)5/h7-11,13-14,17,20-23H,15-16,18-19H2,1-5H3,(H2,40,41)(H,42,46). The van der Waals surface area contributed by atoms with Crippen LogP contribution in [0.3, 0.4) is 0 Å². The number of rotatable bonds is 6. The Labute approximate surface area is 292 Å². The molecule has 2 aromatic carbocycles. The second-order valence-corrected chi connectivity index (χ2v) is 13.2. The summed E-state index contributed by atoms with van der Waals surface area (Å²) in [6.07, 6.45) is 3.43. The van der Waals surface area contributed by atoms with Gasteiger partial charge in [-0.25, -0.2) is 27.9 Å². The van der Waals surface area contributed by atoms with Crippen molar-refractivity contribution in [1.82, 2.24) is 19.0 Å². The van der Waals surface area contributed by atoms with E-state index in [4.69, 9.17) is 15.2 Å². The summed E-state index contributed by atoms with van der Waals surface area (Å²) in [5.41, 5.74) is 3.85. The van der Waals surface area contributed by atoms with E-state index in [2.05, 4.69) is 22.1 Å². The van der Waals surface area contributed by atoms with Crippen LogP contribution in [0.25, 0.3) is 5.69 Å². The topological polar surface area (TPSA) is 151 Å². The van der Waals surface area contributed by atoms with Crippen LogP contribution in [0.2, 0.25) is 0 Å². The zero-order chi connectivity index (χ0) is 37.0. The van der Waals surface area contributed by atoms with Gasteiger partial charge in [-0.05, 0) is 83.9 Å². The molecule has 1 fully saturated rings. The van der Waals surface area contributed by atoms with Gasteiger partial charge in [0.05, 0.1) is 5.69 Å². The zero-order valence-corrected chi connectivity index (χ0v) is 28.8. The number of nitrogen functional groups attached to an aromatic ring is 1. The van der Waals surface area contributed by atoms with Crippen LogP contribution in [-0.4, -0.2) is 49.7 Å². The van der Waals surface area contributed by atoms with E-state index in [9.17, 15) is 23.6 Å². The van der Waals surface area contributed by atoms with E-state index in [-0.39, 0.29) is 51.8 Å². The molecule has 51 heavy (non-hydrogen) atoms. The average Bonchev–Trinajstić information content (AvgIpc) is 3.06. The van der Waals surface area contributed by atoms with E-state index in [1.807, 2.05) is 20.8 Å².